The molecule has 0 aliphatic rings. The lowest BCUT2D eigenvalue weighted by Crippen LogP contribution is -2.14. The van der Waals surface area contributed by atoms with Gasteiger partial charge in [0.15, 0.2) is 11.9 Å². The maximum absolute atomic E-state index is 12.0. The van der Waals surface area contributed by atoms with Gasteiger partial charge in [-0.3, -0.25) is 0 Å². The number of aryl methyl sites for hydroxylation is 1. The zero-order chi connectivity index (χ0) is 15.6. The number of hydrogen-bond acceptors (Lipinski definition) is 5. The number of nitrogens with zero attached hydrogens (tertiary/aromatic N) is 2. The summed E-state index contributed by atoms with van der Waals surface area (Å²) in [5, 5.41) is 3.92. The molecule has 0 aliphatic heterocycles. The van der Waals surface area contributed by atoms with E-state index in [2.05, 4.69) is 10.1 Å². The van der Waals surface area contributed by atoms with E-state index in [1.165, 1.54) is 0 Å². The molecule has 5 heteroatoms. The van der Waals surface area contributed by atoms with Crippen molar-refractivity contribution in [3.63, 3.8) is 0 Å². The number of carbonyl (C=O) groups is 1. The largest absolute Gasteiger partial charge is 0.449 e. The highest BCUT2D eigenvalue weighted by Gasteiger charge is 2.25. The van der Waals surface area contributed by atoms with E-state index in [0.29, 0.717) is 17.3 Å². The molecule has 0 fully saturated rings. The van der Waals surface area contributed by atoms with Gasteiger partial charge in [-0.25, -0.2) is 4.79 Å². The molecular weight excluding hydrogens is 268 g/mol. The van der Waals surface area contributed by atoms with Gasteiger partial charge in [0.25, 0.3) is 5.89 Å². The average molecular weight is 288 g/mol. The summed E-state index contributed by atoms with van der Waals surface area (Å²) in [5.74, 6) is 0.495. The van der Waals surface area contributed by atoms with Gasteiger partial charge in [0.05, 0.1) is 5.56 Å². The predicted octanol–water partition coefficient (Wildman–Crippen LogP) is 3.59. The zero-order valence-electron chi connectivity index (χ0n) is 13.0. The van der Waals surface area contributed by atoms with Crippen molar-refractivity contribution in [1.29, 1.82) is 0 Å². The van der Waals surface area contributed by atoms with Crippen molar-refractivity contribution in [2.45, 2.75) is 46.1 Å². The van der Waals surface area contributed by atoms with E-state index in [1.807, 2.05) is 39.8 Å². The summed E-state index contributed by atoms with van der Waals surface area (Å²) >= 11 is 0. The molecule has 0 saturated heterocycles. The van der Waals surface area contributed by atoms with Crippen LogP contribution in [0.25, 0.3) is 0 Å². The van der Waals surface area contributed by atoms with Crippen molar-refractivity contribution in [3.05, 3.63) is 47.1 Å². The van der Waals surface area contributed by atoms with Crippen LogP contribution in [-0.2, 0) is 10.2 Å². The normalized spacial score (nSPS) is 13.0. The van der Waals surface area contributed by atoms with Crippen molar-refractivity contribution < 1.29 is 14.1 Å². The smallest absolute Gasteiger partial charge is 0.338 e. The number of benzene rings is 1. The fourth-order valence-electron chi connectivity index (χ4n) is 1.67. The summed E-state index contributed by atoms with van der Waals surface area (Å²) in [6.07, 6.45) is -0.581. The maximum atomic E-state index is 12.0. The summed E-state index contributed by atoms with van der Waals surface area (Å²) in [6, 6.07) is 7.20. The Hall–Kier alpha value is -2.17. The minimum absolute atomic E-state index is 0.206. The minimum Gasteiger partial charge on any atom is -0.449 e. The molecule has 1 heterocycles. The van der Waals surface area contributed by atoms with E-state index in [0.717, 1.165) is 5.56 Å². The molecule has 1 unspecified atom stereocenters. The summed E-state index contributed by atoms with van der Waals surface area (Å²) in [4.78, 5) is 16.3. The molecule has 0 saturated carbocycles. The second-order valence-corrected chi connectivity index (χ2v) is 6.12. The fraction of sp³-hybridized carbons (Fsp3) is 0.438. The van der Waals surface area contributed by atoms with Gasteiger partial charge in [0, 0.05) is 5.41 Å². The minimum atomic E-state index is -0.581. The lowest BCUT2D eigenvalue weighted by molar-refractivity contribution is 0.0265. The van der Waals surface area contributed by atoms with Crippen LogP contribution in [0.15, 0.2) is 28.8 Å². The van der Waals surface area contributed by atoms with Crippen LogP contribution in [-0.4, -0.2) is 16.1 Å². The first-order chi connectivity index (χ1) is 9.77. The Morgan fingerprint density at radius 3 is 2.38 bits per heavy atom. The monoisotopic (exact) mass is 288 g/mol. The van der Waals surface area contributed by atoms with Crippen LogP contribution >= 0.6 is 0 Å². The van der Waals surface area contributed by atoms with Crippen LogP contribution in [0.4, 0.5) is 0 Å². The molecule has 0 spiro atoms. The molecule has 0 radical (unpaired) electrons. The van der Waals surface area contributed by atoms with E-state index >= 15 is 0 Å². The zero-order valence-corrected chi connectivity index (χ0v) is 13.0. The number of esters is 1. The predicted molar refractivity (Wildman–Crippen MR) is 78.0 cm³/mol. The van der Waals surface area contributed by atoms with Crippen LogP contribution in [0.5, 0.6) is 0 Å². The van der Waals surface area contributed by atoms with Gasteiger partial charge >= 0.3 is 5.97 Å². The molecule has 1 atom stereocenters. The van der Waals surface area contributed by atoms with Crippen LogP contribution in [0.1, 0.15) is 61.4 Å². The standard InChI is InChI=1S/C16H20N2O3/c1-10-6-8-12(9-7-10)14(19)20-11(2)13-17-15(18-21-13)16(3,4)5/h6-9,11H,1-5H3. The van der Waals surface area contributed by atoms with E-state index in [-0.39, 0.29) is 5.41 Å². The maximum Gasteiger partial charge on any atom is 0.338 e. The third-order valence-electron chi connectivity index (χ3n) is 3.03. The Bertz CT molecular complexity index is 624. The van der Waals surface area contributed by atoms with Crippen LogP contribution < -0.4 is 0 Å². The van der Waals surface area contributed by atoms with Crippen molar-refractivity contribution in [2.24, 2.45) is 0 Å². The third kappa shape index (κ3) is 3.68. The number of carbonyl (C=O) groups excluding carboxylic acids is 1. The summed E-state index contributed by atoms with van der Waals surface area (Å²) < 4.78 is 10.5. The first-order valence-corrected chi connectivity index (χ1v) is 6.89. The van der Waals surface area contributed by atoms with Crippen LogP contribution in [0.3, 0.4) is 0 Å². The fourth-order valence-corrected chi connectivity index (χ4v) is 1.67. The Kier molecular flexibility index (Phi) is 4.11. The molecule has 1 aromatic carbocycles. The third-order valence-corrected chi connectivity index (χ3v) is 3.03. The Morgan fingerprint density at radius 1 is 1.24 bits per heavy atom. The SMILES string of the molecule is Cc1ccc(C(=O)OC(C)c2nc(C(C)(C)C)no2)cc1. The highest BCUT2D eigenvalue weighted by molar-refractivity contribution is 5.89. The van der Waals surface area contributed by atoms with Crippen molar-refractivity contribution in [3.8, 4) is 0 Å². The highest BCUT2D eigenvalue weighted by atomic mass is 16.6. The molecule has 21 heavy (non-hydrogen) atoms. The number of ether oxygens (including phenoxy) is 1. The molecule has 112 valence electrons. The molecule has 0 bridgehead atoms. The van der Waals surface area contributed by atoms with E-state index in [9.17, 15) is 4.79 Å². The summed E-state index contributed by atoms with van der Waals surface area (Å²) in [5.41, 5.74) is 1.39. The Labute approximate surface area is 124 Å². The van der Waals surface area contributed by atoms with Crippen LogP contribution in [0.2, 0.25) is 0 Å². The lowest BCUT2D eigenvalue weighted by Gasteiger charge is -2.11. The molecular formula is C16H20N2O3. The second kappa shape index (κ2) is 5.68. The van der Waals surface area contributed by atoms with Crippen molar-refractivity contribution >= 4 is 5.97 Å². The van der Waals surface area contributed by atoms with E-state index < -0.39 is 12.1 Å². The Morgan fingerprint density at radius 2 is 1.86 bits per heavy atom. The van der Waals surface area contributed by atoms with E-state index in [1.54, 1.807) is 19.1 Å². The van der Waals surface area contributed by atoms with Crippen molar-refractivity contribution in [1.82, 2.24) is 10.1 Å². The van der Waals surface area contributed by atoms with Gasteiger partial charge in [-0.15, -0.1) is 0 Å². The molecule has 0 N–H and O–H groups in total. The van der Waals surface area contributed by atoms with Gasteiger partial charge in [0.2, 0.25) is 0 Å². The Balaban J connectivity index is 2.07. The molecule has 1 aromatic heterocycles. The first kappa shape index (κ1) is 15.2. The molecule has 5 nitrogen and oxygen atoms in total. The molecule has 0 amide bonds. The quantitative estimate of drug-likeness (QED) is 0.807. The summed E-state index contributed by atoms with van der Waals surface area (Å²) in [7, 11) is 0. The molecule has 2 aromatic rings. The molecule has 2 rings (SSSR count). The molecule has 0 aliphatic carbocycles. The summed E-state index contributed by atoms with van der Waals surface area (Å²) in [6.45, 7) is 9.65. The van der Waals surface area contributed by atoms with Gasteiger partial charge in [-0.1, -0.05) is 43.6 Å². The second-order valence-electron chi connectivity index (χ2n) is 6.12. The van der Waals surface area contributed by atoms with E-state index in [4.69, 9.17) is 9.26 Å². The lowest BCUT2D eigenvalue weighted by atomic mass is 9.96. The first-order valence-electron chi connectivity index (χ1n) is 6.89. The number of hydrogen-bond donors (Lipinski definition) is 0. The van der Waals surface area contributed by atoms with Gasteiger partial charge in [-0.2, -0.15) is 4.98 Å². The van der Waals surface area contributed by atoms with Gasteiger partial charge in [0.1, 0.15) is 0 Å². The average Bonchev–Trinajstić information content (AvgIpc) is 2.88. The number of aromatic nitrogens is 2. The van der Waals surface area contributed by atoms with Gasteiger partial charge in [-0.05, 0) is 26.0 Å². The van der Waals surface area contributed by atoms with Crippen molar-refractivity contribution in [2.75, 3.05) is 0 Å². The highest BCUT2D eigenvalue weighted by Crippen LogP contribution is 2.22. The van der Waals surface area contributed by atoms with Crippen LogP contribution in [0, 0.1) is 6.92 Å². The topological polar surface area (TPSA) is 65.2 Å². The number of rotatable bonds is 3. The van der Waals surface area contributed by atoms with Gasteiger partial charge < -0.3 is 9.26 Å².